The van der Waals surface area contributed by atoms with Gasteiger partial charge in [0.1, 0.15) is 5.54 Å². The highest BCUT2D eigenvalue weighted by Crippen LogP contribution is 2.18. The molecule has 0 amide bonds. The average molecular weight is 298 g/mol. The van der Waals surface area contributed by atoms with Crippen molar-refractivity contribution in [3.63, 3.8) is 0 Å². The maximum atomic E-state index is 12.3. The largest absolute Gasteiger partial charge is 0.465 e. The molecule has 0 spiro atoms. The van der Waals surface area contributed by atoms with Crippen LogP contribution < -0.4 is 5.32 Å². The van der Waals surface area contributed by atoms with Crippen LogP contribution in [0.25, 0.3) is 0 Å². The summed E-state index contributed by atoms with van der Waals surface area (Å²) < 4.78 is 41.8. The third-order valence-corrected chi connectivity index (χ3v) is 2.78. The number of halogens is 3. The van der Waals surface area contributed by atoms with Crippen molar-refractivity contribution in [2.75, 3.05) is 26.7 Å². The monoisotopic (exact) mass is 298 g/mol. The van der Waals surface area contributed by atoms with Gasteiger partial charge in [0.25, 0.3) is 0 Å². The summed E-state index contributed by atoms with van der Waals surface area (Å²) in [7, 11) is 1.38. The average Bonchev–Trinajstić information content (AvgIpc) is 2.23. The van der Waals surface area contributed by atoms with E-state index in [9.17, 15) is 18.0 Å². The first kappa shape index (κ1) is 19.2. The Morgan fingerprint density at radius 3 is 2.30 bits per heavy atom. The first-order chi connectivity index (χ1) is 9.00. The zero-order valence-corrected chi connectivity index (χ0v) is 12.8. The van der Waals surface area contributed by atoms with Crippen molar-refractivity contribution in [2.24, 2.45) is 0 Å². The highest BCUT2D eigenvalue weighted by Gasteiger charge is 2.36. The Morgan fingerprint density at radius 2 is 1.90 bits per heavy atom. The summed E-state index contributed by atoms with van der Waals surface area (Å²) in [5.41, 5.74) is -0.982. The molecule has 1 atom stereocenters. The molecule has 0 aromatic rings. The van der Waals surface area contributed by atoms with E-state index >= 15 is 0 Å². The van der Waals surface area contributed by atoms with E-state index in [0.29, 0.717) is 0 Å². The van der Waals surface area contributed by atoms with E-state index in [2.05, 4.69) is 5.32 Å². The van der Waals surface area contributed by atoms with E-state index in [0.717, 1.165) is 4.90 Å². The number of nitrogens with zero attached hydrogens (tertiary/aromatic N) is 1. The molecule has 0 aliphatic rings. The Hall–Kier alpha value is -0.820. The van der Waals surface area contributed by atoms with Crippen LogP contribution in [0.1, 0.15) is 34.1 Å². The Kier molecular flexibility index (Phi) is 7.51. The molecule has 20 heavy (non-hydrogen) atoms. The molecule has 0 aliphatic heterocycles. The van der Waals surface area contributed by atoms with Gasteiger partial charge in [-0.05, 0) is 41.2 Å². The molecule has 0 saturated heterocycles. The van der Waals surface area contributed by atoms with E-state index in [1.165, 1.54) is 7.05 Å². The smallest absolute Gasteiger partial charge is 0.401 e. The minimum absolute atomic E-state index is 0.0253. The normalized spacial score (nSPS) is 15.5. The van der Waals surface area contributed by atoms with Gasteiger partial charge in [-0.25, -0.2) is 0 Å². The molecule has 0 radical (unpaired) electrons. The molecule has 0 saturated carbocycles. The van der Waals surface area contributed by atoms with Gasteiger partial charge < -0.3 is 4.74 Å². The molecule has 4 nitrogen and oxygen atoms in total. The van der Waals surface area contributed by atoms with Crippen molar-refractivity contribution in [3.05, 3.63) is 0 Å². The number of ether oxygens (including phenoxy) is 1. The minimum atomic E-state index is -4.24. The second-order valence-corrected chi connectivity index (χ2v) is 5.45. The van der Waals surface area contributed by atoms with Crippen LogP contribution in [0.4, 0.5) is 13.2 Å². The third kappa shape index (κ3) is 7.69. The van der Waals surface area contributed by atoms with Crippen molar-refractivity contribution in [1.29, 1.82) is 0 Å². The Balaban J connectivity index is 4.62. The van der Waals surface area contributed by atoms with Crippen molar-refractivity contribution < 1.29 is 22.7 Å². The maximum Gasteiger partial charge on any atom is 0.401 e. The molecule has 0 rings (SSSR count). The molecular formula is C13H25F3N2O2. The fourth-order valence-corrected chi connectivity index (χ4v) is 1.96. The number of esters is 1. The number of hydrogen-bond donors (Lipinski definition) is 1. The SMILES string of the molecule is CCOC(=O)C(C)(CCN(C)CC(F)(F)F)NC(C)C. The molecule has 1 N–H and O–H groups in total. The predicted octanol–water partition coefficient (Wildman–Crippen LogP) is 2.19. The molecule has 0 bridgehead atoms. The van der Waals surface area contributed by atoms with Crippen LogP contribution in [0.3, 0.4) is 0 Å². The lowest BCUT2D eigenvalue weighted by Crippen LogP contribution is -2.54. The standard InChI is InChI=1S/C13H25F3N2O2/c1-6-20-11(19)12(4,17-10(2)3)7-8-18(5)9-13(14,15)16/h10,17H,6-9H2,1-5H3. The highest BCUT2D eigenvalue weighted by molar-refractivity contribution is 5.80. The summed E-state index contributed by atoms with van der Waals surface area (Å²) in [6, 6.07) is 0.0253. The van der Waals surface area contributed by atoms with Gasteiger partial charge in [0.15, 0.2) is 0 Å². The summed E-state index contributed by atoms with van der Waals surface area (Å²) in [6.45, 7) is 6.50. The summed E-state index contributed by atoms with van der Waals surface area (Å²) in [5, 5.41) is 3.08. The van der Waals surface area contributed by atoms with E-state index < -0.39 is 24.2 Å². The van der Waals surface area contributed by atoms with Gasteiger partial charge in [-0.15, -0.1) is 0 Å². The van der Waals surface area contributed by atoms with E-state index in [-0.39, 0.29) is 25.6 Å². The second-order valence-electron chi connectivity index (χ2n) is 5.45. The van der Waals surface area contributed by atoms with Gasteiger partial charge in [0.05, 0.1) is 13.2 Å². The van der Waals surface area contributed by atoms with E-state index in [4.69, 9.17) is 4.74 Å². The Bertz CT molecular complexity index is 308. The van der Waals surface area contributed by atoms with Gasteiger partial charge >= 0.3 is 12.1 Å². The lowest BCUT2D eigenvalue weighted by atomic mass is 9.96. The summed E-state index contributed by atoms with van der Waals surface area (Å²) >= 11 is 0. The summed E-state index contributed by atoms with van der Waals surface area (Å²) in [5.74, 6) is -0.436. The molecule has 7 heteroatoms. The number of rotatable bonds is 8. The molecule has 0 aromatic carbocycles. The Morgan fingerprint density at radius 1 is 1.35 bits per heavy atom. The van der Waals surface area contributed by atoms with Crippen LogP contribution in [0.2, 0.25) is 0 Å². The van der Waals surface area contributed by atoms with Crippen LogP contribution in [0.5, 0.6) is 0 Å². The zero-order valence-electron chi connectivity index (χ0n) is 12.8. The number of hydrogen-bond acceptors (Lipinski definition) is 4. The quantitative estimate of drug-likeness (QED) is 0.698. The summed E-state index contributed by atoms with van der Waals surface area (Å²) in [4.78, 5) is 13.1. The number of carbonyl (C=O) groups excluding carboxylic acids is 1. The van der Waals surface area contributed by atoms with Crippen molar-refractivity contribution in [3.8, 4) is 0 Å². The second kappa shape index (κ2) is 7.83. The lowest BCUT2D eigenvalue weighted by molar-refractivity contribution is -0.152. The van der Waals surface area contributed by atoms with Gasteiger partial charge in [0.2, 0.25) is 0 Å². The summed E-state index contributed by atoms with van der Waals surface area (Å²) in [6.07, 6.45) is -3.99. The van der Waals surface area contributed by atoms with E-state index in [1.807, 2.05) is 13.8 Å². The van der Waals surface area contributed by atoms with Gasteiger partial charge in [0, 0.05) is 12.6 Å². The predicted molar refractivity (Wildman–Crippen MR) is 71.5 cm³/mol. The number of carbonyl (C=O) groups is 1. The van der Waals surface area contributed by atoms with Gasteiger partial charge in [-0.2, -0.15) is 13.2 Å². The van der Waals surface area contributed by atoms with Crippen LogP contribution >= 0.6 is 0 Å². The fourth-order valence-electron chi connectivity index (χ4n) is 1.96. The first-order valence-corrected chi connectivity index (χ1v) is 6.70. The lowest BCUT2D eigenvalue weighted by Gasteiger charge is -2.32. The topological polar surface area (TPSA) is 41.6 Å². The van der Waals surface area contributed by atoms with Crippen LogP contribution in [0, 0.1) is 0 Å². The zero-order chi connectivity index (χ0) is 16.0. The van der Waals surface area contributed by atoms with Gasteiger partial charge in [-0.3, -0.25) is 15.0 Å². The minimum Gasteiger partial charge on any atom is -0.465 e. The molecule has 0 aromatic heterocycles. The van der Waals surface area contributed by atoms with Crippen LogP contribution in [-0.4, -0.2) is 55.4 Å². The van der Waals surface area contributed by atoms with Gasteiger partial charge in [-0.1, -0.05) is 0 Å². The molecule has 120 valence electrons. The van der Waals surface area contributed by atoms with E-state index in [1.54, 1.807) is 13.8 Å². The Labute approximate surface area is 118 Å². The molecular weight excluding hydrogens is 273 g/mol. The molecule has 0 aliphatic carbocycles. The molecule has 0 heterocycles. The fraction of sp³-hybridized carbons (Fsp3) is 0.923. The highest BCUT2D eigenvalue weighted by atomic mass is 19.4. The maximum absolute atomic E-state index is 12.3. The van der Waals surface area contributed by atoms with Crippen molar-refractivity contribution in [2.45, 2.75) is 51.9 Å². The third-order valence-electron chi connectivity index (χ3n) is 2.78. The van der Waals surface area contributed by atoms with Crippen LogP contribution in [0.15, 0.2) is 0 Å². The van der Waals surface area contributed by atoms with Crippen LogP contribution in [-0.2, 0) is 9.53 Å². The van der Waals surface area contributed by atoms with Crippen molar-refractivity contribution in [1.82, 2.24) is 10.2 Å². The number of nitrogens with one attached hydrogen (secondary N) is 1. The first-order valence-electron chi connectivity index (χ1n) is 6.70. The number of alkyl halides is 3. The molecule has 1 unspecified atom stereocenters. The van der Waals surface area contributed by atoms with Crippen molar-refractivity contribution >= 4 is 5.97 Å². The molecule has 0 fully saturated rings.